The summed E-state index contributed by atoms with van der Waals surface area (Å²) in [5, 5.41) is 12.2. The first kappa shape index (κ1) is 72.9. The van der Waals surface area contributed by atoms with Crippen LogP contribution in [-0.4, -0.2) is 176 Å². The number of aryl methyl sites for hydroxylation is 1. The molecular weight excluding hydrogens is 1460 g/mol. The third kappa shape index (κ3) is 17.0. The summed E-state index contributed by atoms with van der Waals surface area (Å²) in [6, 6.07) is 46.7. The number of hydrogen-bond donors (Lipinski definition) is 3. The minimum atomic E-state index is -3.87. The van der Waals surface area contributed by atoms with Gasteiger partial charge in [-0.1, -0.05) is 48.0 Å². The first-order chi connectivity index (χ1) is 51.1. The predicted molar refractivity (Wildman–Crippen MR) is 407 cm³/mol. The molecule has 3 saturated heterocycles. The van der Waals surface area contributed by atoms with E-state index in [1.807, 2.05) is 77.7 Å². The Bertz CT molecular complexity index is 5390. The summed E-state index contributed by atoms with van der Waals surface area (Å²) in [5.41, 5.74) is 6.44. The number of rotatable bonds is 18. The molecule has 5 aromatic heterocycles. The van der Waals surface area contributed by atoms with Crippen LogP contribution in [-0.2, 0) is 62.2 Å². The molecule has 3 N–H and O–H groups in total. The molecule has 3 fully saturated rings. The average Bonchev–Trinajstić information content (AvgIpc) is 1.68. The van der Waals surface area contributed by atoms with Crippen LogP contribution in [0.5, 0.6) is 0 Å². The molecule has 0 aliphatic carbocycles. The molecule has 550 valence electrons. The SMILES string of the molecule is CC(C(=O)N1CCN(c2ccc(S(=O)(=O)Nc3ccncn3)cc2)C(=O)C1)n1cc(C#N)c2ccccc21.O=C(CN1CCCc2cc(Cl)ccc21)N1CCN(c2ccc(S(=O)(=O)Nc3ncns3)cc2)C(=O)C1.O=S(=O)(Nc1ccncn1)c1ccc(N2CCN(Cc3cc4ccccc4o3)CC2)cc1.[HH].[HH].[HH]. The number of para-hydroxylation sites is 2. The van der Waals surface area contributed by atoms with Gasteiger partial charge in [-0.3, -0.25) is 38.2 Å². The van der Waals surface area contributed by atoms with Gasteiger partial charge in [-0.15, -0.1) is 0 Å². The van der Waals surface area contributed by atoms with E-state index in [0.29, 0.717) is 41.6 Å². The van der Waals surface area contributed by atoms with E-state index in [-0.39, 0.29) is 85.5 Å². The molecule has 34 heteroatoms. The highest BCUT2D eigenvalue weighted by Gasteiger charge is 2.34. The van der Waals surface area contributed by atoms with Crippen LogP contribution in [0.25, 0.3) is 21.9 Å². The van der Waals surface area contributed by atoms with Crippen molar-refractivity contribution in [2.75, 3.05) is 112 Å². The average molecular weight is 1530 g/mol. The summed E-state index contributed by atoms with van der Waals surface area (Å²) < 4.78 is 94.1. The lowest BCUT2D eigenvalue weighted by atomic mass is 10.0. The first-order valence-electron chi connectivity index (χ1n) is 33.5. The zero-order valence-corrected chi connectivity index (χ0v) is 60.9. The summed E-state index contributed by atoms with van der Waals surface area (Å²) in [7, 11) is -11.4. The zero-order chi connectivity index (χ0) is 74.1. The van der Waals surface area contributed by atoms with E-state index in [0.717, 1.165) is 108 Å². The summed E-state index contributed by atoms with van der Waals surface area (Å²) in [6.07, 6.45) is 10.3. The number of amides is 4. The topological polar surface area (TPSA) is 349 Å². The Morgan fingerprint density at radius 1 is 0.632 bits per heavy atom. The van der Waals surface area contributed by atoms with Crippen molar-refractivity contribution in [3.8, 4) is 6.07 Å². The number of anilines is 7. The number of carbonyl (C=O) groups is 4. The van der Waals surface area contributed by atoms with Crippen LogP contribution in [0.3, 0.4) is 0 Å². The monoisotopic (exact) mass is 1530 g/mol. The number of carbonyl (C=O) groups excluding carboxylic acids is 4. The number of nitrogens with one attached hydrogen (secondary N) is 3. The van der Waals surface area contributed by atoms with E-state index in [9.17, 15) is 49.7 Å². The van der Waals surface area contributed by atoms with Crippen molar-refractivity contribution < 1.29 is 53.1 Å². The van der Waals surface area contributed by atoms with E-state index in [4.69, 9.17) is 16.0 Å². The van der Waals surface area contributed by atoms with Gasteiger partial charge in [0.1, 0.15) is 67.2 Å². The van der Waals surface area contributed by atoms with Gasteiger partial charge in [-0.2, -0.15) is 9.64 Å². The maximum absolute atomic E-state index is 13.3. The Labute approximate surface area is 624 Å². The number of sulfonamides is 3. The van der Waals surface area contributed by atoms with Crippen molar-refractivity contribution in [2.45, 2.75) is 47.0 Å². The molecule has 11 aromatic rings. The summed E-state index contributed by atoms with van der Waals surface area (Å²) in [5.74, 6) is 0.543. The second kappa shape index (κ2) is 31.9. The lowest BCUT2D eigenvalue weighted by Gasteiger charge is -2.37. The molecule has 0 saturated carbocycles. The second-order valence-electron chi connectivity index (χ2n) is 25.0. The van der Waals surface area contributed by atoms with Crippen molar-refractivity contribution in [3.63, 3.8) is 0 Å². The minimum Gasteiger partial charge on any atom is -0.460 e. The molecule has 4 amide bonds. The lowest BCUT2D eigenvalue weighted by molar-refractivity contribution is -0.139. The molecule has 0 radical (unpaired) electrons. The molecule has 29 nitrogen and oxygen atoms in total. The maximum Gasteiger partial charge on any atom is 0.263 e. The predicted octanol–water partition coefficient (Wildman–Crippen LogP) is 9.24. The number of aromatic nitrogens is 7. The van der Waals surface area contributed by atoms with Crippen LogP contribution in [0.15, 0.2) is 214 Å². The quantitative estimate of drug-likeness (QED) is 0.0720. The van der Waals surface area contributed by atoms with Gasteiger partial charge in [-0.05, 0) is 147 Å². The van der Waals surface area contributed by atoms with Crippen molar-refractivity contribution in [3.05, 3.63) is 217 Å². The van der Waals surface area contributed by atoms with Crippen LogP contribution in [0.4, 0.5) is 39.5 Å². The molecule has 0 bridgehead atoms. The van der Waals surface area contributed by atoms with Gasteiger partial charge in [0.2, 0.25) is 28.8 Å². The number of piperazine rings is 3. The van der Waals surface area contributed by atoms with Gasteiger partial charge in [0.25, 0.3) is 30.1 Å². The lowest BCUT2D eigenvalue weighted by Crippen LogP contribution is -2.54. The fourth-order valence-electron chi connectivity index (χ4n) is 12.8. The third-order valence-electron chi connectivity index (χ3n) is 18.2. The van der Waals surface area contributed by atoms with E-state index in [1.165, 1.54) is 77.6 Å². The molecule has 4 aliphatic rings. The molecule has 15 rings (SSSR count). The number of halogens is 1. The summed E-state index contributed by atoms with van der Waals surface area (Å²) in [4.78, 5) is 84.5. The highest BCUT2D eigenvalue weighted by atomic mass is 35.5. The molecule has 9 heterocycles. The maximum atomic E-state index is 13.3. The Morgan fingerprint density at radius 3 is 1.78 bits per heavy atom. The molecule has 1 unspecified atom stereocenters. The standard InChI is InChI=1S/C26H23N7O4S.C23H23ClN6O4S2.C23H23N5O3S.3H2/c1-18(33-15-19(14-27)22-4-2-3-5-23(22)33)26(35)31-12-13-32(25(34)16-31)20-6-8-21(9-7-20)38(36,37)30-24-10-11-28-17-29-24;24-17-3-8-20-16(12-17)2-1-9-28(20)13-21(31)29-10-11-30(22(32)14-29)18-4-6-19(7-5-18)36(33,34)27-23-25-15-26-35-23;29-32(30,26-23-9-10-24-17-25-23)21-7-5-19(6-8-21)28-13-11-27(12-14-28)16-20-15-18-3-1-2-4-22(18)31-20;;;/h2-11,15,17-18H,12-13,16H2,1H3,(H,28,29,30);3-8,12,15H,1-2,9-11,13-14H2,(H,25,26,27);1-10,15,17H,11-14,16H2,(H,24,25,26);3*1H. The molecule has 106 heavy (non-hydrogen) atoms. The number of nitriles is 1. The zero-order valence-electron chi connectivity index (χ0n) is 56.9. The van der Waals surface area contributed by atoms with Crippen LogP contribution in [0.1, 0.15) is 40.6 Å². The van der Waals surface area contributed by atoms with Crippen molar-refractivity contribution in [1.82, 2.24) is 48.6 Å². The molecule has 1 atom stereocenters. The first-order valence-corrected chi connectivity index (χ1v) is 39.1. The summed E-state index contributed by atoms with van der Waals surface area (Å²) in [6.45, 7) is 8.23. The number of nitrogens with zero attached hydrogens (tertiary/aromatic N) is 15. The van der Waals surface area contributed by atoms with E-state index >= 15 is 0 Å². The smallest absolute Gasteiger partial charge is 0.263 e. The number of fused-ring (bicyclic) bond motifs is 3. The van der Waals surface area contributed by atoms with Gasteiger partial charge < -0.3 is 38.4 Å². The number of hydrogen-bond acceptors (Lipinski definition) is 22. The molecule has 6 aromatic carbocycles. The van der Waals surface area contributed by atoms with Crippen molar-refractivity contribution in [1.29, 1.82) is 5.26 Å². The fourth-order valence-corrected chi connectivity index (χ4v) is 16.7. The highest BCUT2D eigenvalue weighted by Crippen LogP contribution is 2.32. The summed E-state index contributed by atoms with van der Waals surface area (Å²) >= 11 is 7.05. The largest absolute Gasteiger partial charge is 0.460 e. The minimum absolute atomic E-state index is 0. The molecule has 0 spiro atoms. The molecule has 4 aliphatic heterocycles. The second-order valence-corrected chi connectivity index (χ2v) is 31.2. The van der Waals surface area contributed by atoms with Gasteiger partial charge in [-0.25, -0.2) is 50.2 Å². The van der Waals surface area contributed by atoms with Crippen LogP contribution in [0.2, 0.25) is 5.02 Å². The van der Waals surface area contributed by atoms with Crippen LogP contribution < -0.4 is 33.8 Å². The van der Waals surface area contributed by atoms with Crippen molar-refractivity contribution >= 4 is 138 Å². The normalized spacial score (nSPS) is 15.4. The van der Waals surface area contributed by atoms with Gasteiger partial charge in [0.15, 0.2) is 0 Å². The molecular formula is C72H75ClN18O11S4. The van der Waals surface area contributed by atoms with Gasteiger partial charge >= 0.3 is 0 Å². The Hall–Kier alpha value is -11.4. The number of benzene rings is 6. The van der Waals surface area contributed by atoms with E-state index in [1.54, 1.807) is 63.9 Å². The van der Waals surface area contributed by atoms with Crippen LogP contribution >= 0.6 is 23.1 Å². The fraction of sp³-hybridized carbons (Fsp3) is 0.236. The van der Waals surface area contributed by atoms with Gasteiger partial charge in [0.05, 0.1) is 38.9 Å². The van der Waals surface area contributed by atoms with Crippen molar-refractivity contribution in [2.24, 2.45) is 0 Å². The Morgan fingerprint density at radius 2 is 1.21 bits per heavy atom. The van der Waals surface area contributed by atoms with E-state index < -0.39 is 36.1 Å². The van der Waals surface area contributed by atoms with Crippen LogP contribution in [0, 0.1) is 11.3 Å². The number of furan rings is 1. The van der Waals surface area contributed by atoms with E-state index in [2.05, 4.69) is 71.5 Å². The van der Waals surface area contributed by atoms with Gasteiger partial charge in [0, 0.05) is 132 Å². The Kier molecular flexibility index (Phi) is 21.9. The third-order valence-corrected chi connectivity index (χ3v) is 23.2. The Balaban J connectivity index is 0.000000172. The highest BCUT2D eigenvalue weighted by molar-refractivity contribution is 7.93.